The lowest BCUT2D eigenvalue weighted by Crippen LogP contribution is -2.40. The zero-order valence-electron chi connectivity index (χ0n) is 10.5. The molecule has 0 aromatic heterocycles. The topological polar surface area (TPSA) is 58.4 Å². The number of hydrazine groups is 1. The minimum atomic E-state index is -0.0736. The highest BCUT2D eigenvalue weighted by Crippen LogP contribution is 2.24. The summed E-state index contributed by atoms with van der Waals surface area (Å²) in [6.45, 7) is 3.82. The maximum atomic E-state index is 11.3. The highest BCUT2D eigenvalue weighted by Gasteiger charge is 2.18. The van der Waals surface area contributed by atoms with Crippen LogP contribution in [0.4, 0.5) is 0 Å². The van der Waals surface area contributed by atoms with Crippen LogP contribution in [0.3, 0.4) is 0 Å². The molecule has 4 heteroatoms. The fourth-order valence-electron chi connectivity index (χ4n) is 2.58. The lowest BCUT2D eigenvalue weighted by molar-refractivity contribution is -0.125. The average molecular weight is 227 g/mol. The zero-order chi connectivity index (χ0) is 12.0. The van der Waals surface area contributed by atoms with E-state index in [0.717, 1.165) is 19.0 Å². The molecule has 1 unspecified atom stereocenters. The third-order valence-electron chi connectivity index (χ3n) is 3.47. The molecular weight excluding hydrogens is 202 g/mol. The van der Waals surface area contributed by atoms with E-state index in [1.165, 1.54) is 32.1 Å². The van der Waals surface area contributed by atoms with Gasteiger partial charge in [0.25, 0.3) is 0 Å². The Hall–Kier alpha value is -0.610. The summed E-state index contributed by atoms with van der Waals surface area (Å²) in [5.41, 5.74) is 2.21. The second-order valence-corrected chi connectivity index (χ2v) is 5.13. The Bertz CT molecular complexity index is 214. The van der Waals surface area contributed by atoms with Gasteiger partial charge >= 0.3 is 0 Å². The van der Waals surface area contributed by atoms with Gasteiger partial charge in [-0.2, -0.15) is 0 Å². The molecular formula is C12H25N3O. The van der Waals surface area contributed by atoms with Crippen LogP contribution in [0.5, 0.6) is 0 Å². The van der Waals surface area contributed by atoms with Gasteiger partial charge in [-0.15, -0.1) is 0 Å². The van der Waals surface area contributed by atoms with Gasteiger partial charge in [-0.1, -0.05) is 26.2 Å². The van der Waals surface area contributed by atoms with E-state index in [1.807, 2.05) is 6.92 Å². The van der Waals surface area contributed by atoms with Crippen molar-refractivity contribution in [3.8, 4) is 0 Å². The number of nitrogens with zero attached hydrogens (tertiary/aromatic N) is 1. The normalized spacial score (nSPS) is 19.8. The van der Waals surface area contributed by atoms with E-state index in [0.29, 0.717) is 0 Å². The van der Waals surface area contributed by atoms with Crippen LogP contribution in [0.1, 0.15) is 39.0 Å². The number of amides is 1. The molecule has 1 rings (SSSR count). The monoisotopic (exact) mass is 227 g/mol. The number of hydrogen-bond donors (Lipinski definition) is 2. The first kappa shape index (κ1) is 13.5. The lowest BCUT2D eigenvalue weighted by atomic mass is 9.89. The van der Waals surface area contributed by atoms with Gasteiger partial charge in [0, 0.05) is 19.0 Å². The quantitative estimate of drug-likeness (QED) is 0.420. The minimum absolute atomic E-state index is 0.0291. The van der Waals surface area contributed by atoms with E-state index in [9.17, 15) is 4.79 Å². The van der Waals surface area contributed by atoms with Crippen LogP contribution < -0.4 is 11.3 Å². The van der Waals surface area contributed by atoms with Crippen LogP contribution in [-0.2, 0) is 4.79 Å². The van der Waals surface area contributed by atoms with Gasteiger partial charge in [0.05, 0.1) is 0 Å². The van der Waals surface area contributed by atoms with Gasteiger partial charge in [-0.25, -0.2) is 5.84 Å². The summed E-state index contributed by atoms with van der Waals surface area (Å²) in [6.07, 6.45) is 6.84. The molecule has 94 valence electrons. The standard InChI is InChI=1S/C12H25N3O/c1-10(12(16)14-13)8-15(2)9-11-6-4-3-5-7-11/h10-11H,3-9,13H2,1-2H3,(H,14,16). The first-order valence-electron chi connectivity index (χ1n) is 6.32. The Labute approximate surface area is 98.5 Å². The maximum Gasteiger partial charge on any atom is 0.237 e. The number of rotatable bonds is 5. The molecule has 1 amide bonds. The van der Waals surface area contributed by atoms with Crippen molar-refractivity contribution in [1.82, 2.24) is 10.3 Å². The van der Waals surface area contributed by atoms with Crippen molar-refractivity contribution in [1.29, 1.82) is 0 Å². The Morgan fingerprint density at radius 3 is 2.62 bits per heavy atom. The summed E-state index contributed by atoms with van der Waals surface area (Å²) in [4.78, 5) is 13.5. The summed E-state index contributed by atoms with van der Waals surface area (Å²) in [5.74, 6) is 5.84. The molecule has 0 aliphatic heterocycles. The SMILES string of the molecule is CC(CN(C)CC1CCCCC1)C(=O)NN. The van der Waals surface area contributed by atoms with Gasteiger partial charge < -0.3 is 4.90 Å². The van der Waals surface area contributed by atoms with E-state index in [2.05, 4.69) is 17.4 Å². The molecule has 1 saturated carbocycles. The largest absolute Gasteiger partial charge is 0.305 e. The van der Waals surface area contributed by atoms with E-state index in [1.54, 1.807) is 0 Å². The third kappa shape index (κ3) is 4.49. The summed E-state index contributed by atoms with van der Waals surface area (Å²) in [7, 11) is 2.09. The van der Waals surface area contributed by atoms with E-state index in [4.69, 9.17) is 5.84 Å². The summed E-state index contributed by atoms with van der Waals surface area (Å²) >= 11 is 0. The molecule has 1 aliphatic rings. The maximum absolute atomic E-state index is 11.3. The van der Waals surface area contributed by atoms with Gasteiger partial charge in [-0.05, 0) is 25.8 Å². The molecule has 3 N–H and O–H groups in total. The van der Waals surface area contributed by atoms with Crippen LogP contribution in [-0.4, -0.2) is 30.9 Å². The minimum Gasteiger partial charge on any atom is -0.305 e. The summed E-state index contributed by atoms with van der Waals surface area (Å²) < 4.78 is 0. The van der Waals surface area contributed by atoms with Crippen LogP contribution in [0.25, 0.3) is 0 Å². The highest BCUT2D eigenvalue weighted by molar-refractivity contribution is 5.77. The predicted molar refractivity (Wildman–Crippen MR) is 65.6 cm³/mol. The smallest absolute Gasteiger partial charge is 0.237 e. The molecule has 1 fully saturated rings. The number of hydrogen-bond acceptors (Lipinski definition) is 3. The molecule has 0 aromatic rings. The zero-order valence-corrected chi connectivity index (χ0v) is 10.5. The first-order chi connectivity index (χ1) is 7.63. The van der Waals surface area contributed by atoms with E-state index < -0.39 is 0 Å². The fourth-order valence-corrected chi connectivity index (χ4v) is 2.58. The molecule has 4 nitrogen and oxygen atoms in total. The van der Waals surface area contributed by atoms with Crippen molar-refractivity contribution in [3.63, 3.8) is 0 Å². The van der Waals surface area contributed by atoms with Crippen LogP contribution in [0.2, 0.25) is 0 Å². The Kier molecular flexibility index (Phi) is 5.77. The van der Waals surface area contributed by atoms with Crippen molar-refractivity contribution in [2.45, 2.75) is 39.0 Å². The number of nitrogens with one attached hydrogen (secondary N) is 1. The average Bonchev–Trinajstić information content (AvgIpc) is 2.29. The van der Waals surface area contributed by atoms with Gasteiger partial charge in [0.1, 0.15) is 0 Å². The summed E-state index contributed by atoms with van der Waals surface area (Å²) in [5, 5.41) is 0. The molecule has 0 saturated heterocycles. The molecule has 0 aromatic carbocycles. The summed E-state index contributed by atoms with van der Waals surface area (Å²) in [6, 6.07) is 0. The van der Waals surface area contributed by atoms with Crippen molar-refractivity contribution < 1.29 is 4.79 Å². The second kappa shape index (κ2) is 6.86. The molecule has 0 radical (unpaired) electrons. The lowest BCUT2D eigenvalue weighted by Gasteiger charge is -2.28. The van der Waals surface area contributed by atoms with Gasteiger partial charge in [0.2, 0.25) is 5.91 Å². The van der Waals surface area contributed by atoms with Crippen molar-refractivity contribution in [3.05, 3.63) is 0 Å². The van der Waals surface area contributed by atoms with Crippen LogP contribution in [0.15, 0.2) is 0 Å². The molecule has 0 heterocycles. The second-order valence-electron chi connectivity index (χ2n) is 5.13. The highest BCUT2D eigenvalue weighted by atomic mass is 16.2. The van der Waals surface area contributed by atoms with Gasteiger partial charge in [0.15, 0.2) is 0 Å². The Morgan fingerprint density at radius 2 is 2.06 bits per heavy atom. The van der Waals surface area contributed by atoms with Crippen molar-refractivity contribution in [2.75, 3.05) is 20.1 Å². The first-order valence-corrected chi connectivity index (χ1v) is 6.32. The molecule has 1 atom stereocenters. The molecule has 0 spiro atoms. The number of carbonyl (C=O) groups is 1. The Balaban J connectivity index is 2.23. The predicted octanol–water partition coefficient (Wildman–Crippen LogP) is 1.12. The van der Waals surface area contributed by atoms with Gasteiger partial charge in [-0.3, -0.25) is 10.2 Å². The molecule has 16 heavy (non-hydrogen) atoms. The number of nitrogens with two attached hydrogens (primary N) is 1. The van der Waals surface area contributed by atoms with Crippen LogP contribution in [0, 0.1) is 11.8 Å². The van der Waals surface area contributed by atoms with E-state index in [-0.39, 0.29) is 11.8 Å². The van der Waals surface area contributed by atoms with Crippen molar-refractivity contribution >= 4 is 5.91 Å². The number of carbonyl (C=O) groups excluding carboxylic acids is 1. The van der Waals surface area contributed by atoms with Crippen molar-refractivity contribution in [2.24, 2.45) is 17.7 Å². The van der Waals surface area contributed by atoms with E-state index >= 15 is 0 Å². The molecule has 0 bridgehead atoms. The van der Waals surface area contributed by atoms with Crippen LogP contribution >= 0.6 is 0 Å². The third-order valence-corrected chi connectivity index (χ3v) is 3.47. The fraction of sp³-hybridized carbons (Fsp3) is 0.917. The molecule has 1 aliphatic carbocycles. The Morgan fingerprint density at radius 1 is 1.44 bits per heavy atom.